The Morgan fingerprint density at radius 1 is 0.737 bits per heavy atom. The summed E-state index contributed by atoms with van der Waals surface area (Å²) in [7, 11) is 0. The predicted molar refractivity (Wildman–Crippen MR) is 84.8 cm³/mol. The number of hydrogen-bond acceptors (Lipinski definition) is 2. The minimum Gasteiger partial charge on any atom is -0.566 e. The van der Waals surface area contributed by atoms with Crippen LogP contribution < -0.4 is 0 Å². The molecule has 0 aliphatic rings. The summed E-state index contributed by atoms with van der Waals surface area (Å²) in [6, 6.07) is 0. The van der Waals surface area contributed by atoms with E-state index in [9.17, 15) is 0 Å². The number of unbranched alkanes of at least 4 members (excludes halogenated alkanes) is 2. The molecule has 0 aromatic heterocycles. The van der Waals surface area contributed by atoms with E-state index in [4.69, 9.17) is 10.2 Å². The van der Waals surface area contributed by atoms with Crippen molar-refractivity contribution in [1.82, 2.24) is 0 Å². The van der Waals surface area contributed by atoms with Gasteiger partial charge in [-0.25, -0.2) is 13.2 Å². The first kappa shape index (κ1) is 24.7. The molecule has 0 saturated carbocycles. The Morgan fingerprint density at radius 3 is 1.21 bits per heavy atom. The van der Waals surface area contributed by atoms with E-state index in [-0.39, 0.29) is 23.1 Å². The number of aliphatic hydroxyl groups excluding tert-OH is 2. The molecule has 0 saturated heterocycles. The van der Waals surface area contributed by atoms with Crippen molar-refractivity contribution in [1.29, 1.82) is 0 Å². The molecule has 0 aromatic rings. The summed E-state index contributed by atoms with van der Waals surface area (Å²) in [6.07, 6.45) is 9.33. The molecule has 2 nitrogen and oxygen atoms in total. The maximum Gasteiger partial charge on any atom is 2.00 e. The maximum atomic E-state index is 8.63. The molecule has 0 aliphatic heterocycles. The molecule has 112 valence electrons. The molecule has 2 N–H and O–H groups in total. The zero-order chi connectivity index (χ0) is 14.2. The van der Waals surface area contributed by atoms with E-state index in [1.54, 1.807) is 0 Å². The number of aliphatic hydroxyl groups is 2. The largest absolute Gasteiger partial charge is 2.00 e. The van der Waals surface area contributed by atoms with Gasteiger partial charge in [0.05, 0.1) is 0 Å². The monoisotopic (exact) mass is 282 g/mol. The topological polar surface area (TPSA) is 40.5 Å². The van der Waals surface area contributed by atoms with E-state index in [0.29, 0.717) is 11.8 Å². The normalized spacial score (nSPS) is 12.9. The third-order valence-corrected chi connectivity index (χ3v) is 3.33. The molecule has 0 heterocycles. The number of hydrogen-bond donors (Lipinski definition) is 2. The summed E-state index contributed by atoms with van der Waals surface area (Å²) in [5, 5.41) is 17.3. The van der Waals surface area contributed by atoms with Crippen LogP contribution >= 0.6 is 0 Å². The molecular weight excluding hydrogens is 248 g/mol. The average Bonchev–Trinajstić information content (AvgIpc) is 2.42. The molecule has 0 fully saturated rings. The van der Waals surface area contributed by atoms with E-state index in [2.05, 4.69) is 27.7 Å². The van der Waals surface area contributed by atoms with Gasteiger partial charge in [-0.05, 0) is 0 Å². The zero-order valence-corrected chi connectivity index (χ0v) is 15.0. The first-order chi connectivity index (χ1) is 8.69. The smallest absolute Gasteiger partial charge is 0.566 e. The van der Waals surface area contributed by atoms with Crippen molar-refractivity contribution < 1.29 is 10.2 Å². The minimum atomic E-state index is 0. The fourth-order valence-electron chi connectivity index (χ4n) is 1.70. The molecule has 0 aliphatic carbocycles. The van der Waals surface area contributed by atoms with Crippen molar-refractivity contribution in [3.63, 3.8) is 0 Å². The SMILES string of the molecule is CCCCC([CH-]O)CC.CCCCC([CH-]O)CC.[Mg+2]. The first-order valence-electron chi connectivity index (χ1n) is 7.64. The van der Waals surface area contributed by atoms with Crippen molar-refractivity contribution >= 4 is 23.1 Å². The van der Waals surface area contributed by atoms with Crippen molar-refractivity contribution in [2.75, 3.05) is 0 Å². The van der Waals surface area contributed by atoms with E-state index in [1.807, 2.05) is 0 Å². The van der Waals surface area contributed by atoms with Crippen LogP contribution in [0.25, 0.3) is 0 Å². The van der Waals surface area contributed by atoms with Crippen LogP contribution in [0.1, 0.15) is 79.1 Å². The van der Waals surface area contributed by atoms with Gasteiger partial charge in [0.1, 0.15) is 0 Å². The molecule has 3 heteroatoms. The van der Waals surface area contributed by atoms with Crippen LogP contribution in [0.3, 0.4) is 0 Å². The van der Waals surface area contributed by atoms with Gasteiger partial charge in [0, 0.05) is 0 Å². The second kappa shape index (κ2) is 21.0. The van der Waals surface area contributed by atoms with Crippen molar-refractivity contribution in [3.8, 4) is 0 Å². The standard InChI is InChI=1S/2C8H17O.Mg/c2*1-3-5-6-8(4-2)7-9;/h2*7-9H,3-6H2,1-2H3;/q2*-1;+2. The third kappa shape index (κ3) is 18.7. The maximum absolute atomic E-state index is 8.63. The van der Waals surface area contributed by atoms with Crippen LogP contribution in [0, 0.1) is 25.0 Å². The summed E-state index contributed by atoms with van der Waals surface area (Å²) < 4.78 is 0. The van der Waals surface area contributed by atoms with Gasteiger partial charge in [-0.2, -0.15) is 0 Å². The van der Waals surface area contributed by atoms with Crippen LogP contribution in [0.2, 0.25) is 0 Å². The van der Waals surface area contributed by atoms with Crippen LogP contribution in [0.5, 0.6) is 0 Å². The van der Waals surface area contributed by atoms with Crippen LogP contribution in [-0.4, -0.2) is 33.3 Å². The van der Waals surface area contributed by atoms with E-state index < -0.39 is 0 Å². The van der Waals surface area contributed by atoms with Gasteiger partial charge in [-0.3, -0.25) is 0 Å². The predicted octanol–water partition coefficient (Wildman–Crippen LogP) is 5.09. The molecule has 0 spiro atoms. The second-order valence-corrected chi connectivity index (χ2v) is 4.92. The molecule has 0 bridgehead atoms. The van der Waals surface area contributed by atoms with Crippen LogP contribution in [-0.2, 0) is 0 Å². The van der Waals surface area contributed by atoms with Gasteiger partial charge >= 0.3 is 23.1 Å². The molecule has 2 atom stereocenters. The number of rotatable bonds is 10. The zero-order valence-electron chi connectivity index (χ0n) is 13.6. The van der Waals surface area contributed by atoms with Crippen molar-refractivity contribution in [3.05, 3.63) is 13.2 Å². The second-order valence-electron chi connectivity index (χ2n) is 4.92. The Kier molecular flexibility index (Phi) is 27.3. The van der Waals surface area contributed by atoms with Gasteiger partial charge in [0.2, 0.25) is 0 Å². The third-order valence-electron chi connectivity index (χ3n) is 3.33. The van der Waals surface area contributed by atoms with Crippen molar-refractivity contribution in [2.24, 2.45) is 11.8 Å². The Balaban J connectivity index is -0.000000256. The molecule has 2 unspecified atom stereocenters. The molecule has 0 radical (unpaired) electrons. The first-order valence-corrected chi connectivity index (χ1v) is 7.64. The van der Waals surface area contributed by atoms with Gasteiger partial charge in [-0.15, -0.1) is 11.8 Å². The van der Waals surface area contributed by atoms with Gasteiger partial charge in [-0.1, -0.05) is 79.1 Å². The molecule has 0 amide bonds. The van der Waals surface area contributed by atoms with E-state index >= 15 is 0 Å². The molecule has 0 aromatic carbocycles. The Morgan fingerprint density at radius 2 is 1.05 bits per heavy atom. The van der Waals surface area contributed by atoms with Crippen LogP contribution in [0.15, 0.2) is 0 Å². The van der Waals surface area contributed by atoms with Crippen molar-refractivity contribution in [2.45, 2.75) is 79.1 Å². The van der Waals surface area contributed by atoms with E-state index in [0.717, 1.165) is 25.7 Å². The Hall–Kier alpha value is 0.686. The van der Waals surface area contributed by atoms with Gasteiger partial charge in [0.25, 0.3) is 0 Å². The summed E-state index contributed by atoms with van der Waals surface area (Å²) in [5.74, 6) is 0.870. The van der Waals surface area contributed by atoms with Gasteiger partial charge < -0.3 is 10.2 Å². The average molecular weight is 283 g/mol. The molecule has 0 rings (SSSR count). The van der Waals surface area contributed by atoms with Gasteiger partial charge in [0.15, 0.2) is 0 Å². The summed E-state index contributed by atoms with van der Waals surface area (Å²) >= 11 is 0. The van der Waals surface area contributed by atoms with E-state index in [1.165, 1.54) is 38.9 Å². The summed E-state index contributed by atoms with van der Waals surface area (Å²) in [4.78, 5) is 0. The minimum absolute atomic E-state index is 0. The Bertz CT molecular complexity index is 119. The fraction of sp³-hybridized carbons (Fsp3) is 0.875. The molecular formula is C16H34MgO2. The summed E-state index contributed by atoms with van der Waals surface area (Å²) in [6.45, 7) is 11.2. The van der Waals surface area contributed by atoms with Crippen LogP contribution in [0.4, 0.5) is 0 Å². The quantitative estimate of drug-likeness (QED) is 0.433. The summed E-state index contributed by atoms with van der Waals surface area (Å²) in [5.41, 5.74) is 0. The molecule has 19 heavy (non-hydrogen) atoms. The Labute approximate surface area is 137 Å². The fourth-order valence-corrected chi connectivity index (χ4v) is 1.70.